The number of ether oxygens (including phenoxy) is 1. The molecule has 4 rings (SSSR count). The molecule has 3 aromatic rings. The number of hydrogen-bond donors (Lipinski definition) is 1. The van der Waals surface area contributed by atoms with Crippen LogP contribution < -0.4 is 15.0 Å². The Morgan fingerprint density at radius 3 is 2.52 bits per heavy atom. The molecule has 2 heterocycles. The molecule has 0 spiro atoms. The Morgan fingerprint density at radius 2 is 1.81 bits per heavy atom. The zero-order valence-corrected chi connectivity index (χ0v) is 15.2. The van der Waals surface area contributed by atoms with Crippen LogP contribution in [0, 0.1) is 0 Å². The summed E-state index contributed by atoms with van der Waals surface area (Å²) in [6, 6.07) is 19.8. The lowest BCUT2D eigenvalue weighted by Crippen LogP contribution is -2.30. The van der Waals surface area contributed by atoms with Gasteiger partial charge in [-0.15, -0.1) is 0 Å². The molecule has 0 fully saturated rings. The zero-order chi connectivity index (χ0) is 18.6. The van der Waals surface area contributed by atoms with Crippen LogP contribution in [0.5, 0.6) is 5.88 Å². The van der Waals surface area contributed by atoms with Crippen LogP contribution in [0.15, 0.2) is 66.9 Å². The van der Waals surface area contributed by atoms with E-state index < -0.39 is 0 Å². The SMILES string of the molecule is COc1ccc(NC(=O)c2ccc(N3CCc4ccccc4C3)cc2)cn1. The minimum Gasteiger partial charge on any atom is -0.481 e. The summed E-state index contributed by atoms with van der Waals surface area (Å²) in [6.07, 6.45) is 2.62. The standard InChI is InChI=1S/C22H21N3O2/c1-27-21-11-8-19(14-23-21)24-22(26)17-6-9-20(10-7-17)25-13-12-16-4-2-3-5-18(16)15-25/h2-11,14H,12-13,15H2,1H3,(H,24,26). The maximum atomic E-state index is 12.4. The van der Waals surface area contributed by atoms with Gasteiger partial charge in [0.15, 0.2) is 0 Å². The first-order valence-corrected chi connectivity index (χ1v) is 8.96. The van der Waals surface area contributed by atoms with Crippen molar-refractivity contribution in [2.75, 3.05) is 23.9 Å². The van der Waals surface area contributed by atoms with Gasteiger partial charge in [-0.25, -0.2) is 4.98 Å². The van der Waals surface area contributed by atoms with E-state index in [0.717, 1.165) is 25.2 Å². The monoisotopic (exact) mass is 359 g/mol. The molecule has 5 heteroatoms. The van der Waals surface area contributed by atoms with E-state index >= 15 is 0 Å². The van der Waals surface area contributed by atoms with Gasteiger partial charge in [0.2, 0.25) is 5.88 Å². The summed E-state index contributed by atoms with van der Waals surface area (Å²) in [5.74, 6) is 0.359. The third kappa shape index (κ3) is 3.77. The Balaban J connectivity index is 1.43. The molecule has 2 aromatic carbocycles. The van der Waals surface area contributed by atoms with Gasteiger partial charge < -0.3 is 15.0 Å². The molecular weight excluding hydrogens is 338 g/mol. The van der Waals surface area contributed by atoms with Crippen molar-refractivity contribution in [1.82, 2.24) is 4.98 Å². The van der Waals surface area contributed by atoms with E-state index in [-0.39, 0.29) is 5.91 Å². The summed E-state index contributed by atoms with van der Waals surface area (Å²) in [5, 5.41) is 2.85. The van der Waals surface area contributed by atoms with Crippen molar-refractivity contribution in [3.05, 3.63) is 83.6 Å². The lowest BCUT2D eigenvalue weighted by Gasteiger charge is -2.30. The Bertz CT molecular complexity index is 937. The molecule has 1 aromatic heterocycles. The van der Waals surface area contributed by atoms with E-state index in [1.165, 1.54) is 11.1 Å². The van der Waals surface area contributed by atoms with Gasteiger partial charge in [-0.05, 0) is 47.9 Å². The lowest BCUT2D eigenvalue weighted by molar-refractivity contribution is 0.102. The molecule has 0 radical (unpaired) electrons. The number of methoxy groups -OCH3 is 1. The summed E-state index contributed by atoms with van der Waals surface area (Å²) < 4.78 is 5.02. The molecule has 0 bridgehead atoms. The number of carbonyl (C=O) groups is 1. The summed E-state index contributed by atoms with van der Waals surface area (Å²) in [6.45, 7) is 1.89. The Labute approximate surface area is 158 Å². The highest BCUT2D eigenvalue weighted by atomic mass is 16.5. The fourth-order valence-electron chi connectivity index (χ4n) is 3.32. The van der Waals surface area contributed by atoms with Gasteiger partial charge in [-0.2, -0.15) is 0 Å². The quantitative estimate of drug-likeness (QED) is 0.767. The number of benzene rings is 2. The maximum absolute atomic E-state index is 12.4. The summed E-state index contributed by atoms with van der Waals surface area (Å²) in [5.41, 5.74) is 5.19. The van der Waals surface area contributed by atoms with Crippen LogP contribution in [0.25, 0.3) is 0 Å². The highest BCUT2D eigenvalue weighted by Gasteiger charge is 2.16. The molecule has 0 aliphatic carbocycles. The van der Waals surface area contributed by atoms with E-state index in [2.05, 4.69) is 39.5 Å². The third-order valence-electron chi connectivity index (χ3n) is 4.83. The highest BCUT2D eigenvalue weighted by molar-refractivity contribution is 6.04. The van der Waals surface area contributed by atoms with E-state index in [1.54, 1.807) is 25.4 Å². The fraction of sp³-hybridized carbons (Fsp3) is 0.182. The number of amides is 1. The lowest BCUT2D eigenvalue weighted by atomic mass is 9.99. The average Bonchev–Trinajstić information content (AvgIpc) is 2.74. The first-order valence-electron chi connectivity index (χ1n) is 8.96. The number of anilines is 2. The first-order chi connectivity index (χ1) is 13.2. The Morgan fingerprint density at radius 1 is 1.04 bits per heavy atom. The highest BCUT2D eigenvalue weighted by Crippen LogP contribution is 2.25. The minimum atomic E-state index is -0.155. The van der Waals surface area contributed by atoms with Crippen molar-refractivity contribution in [3.8, 4) is 5.88 Å². The summed E-state index contributed by atoms with van der Waals surface area (Å²) in [4.78, 5) is 18.9. The number of fused-ring (bicyclic) bond motifs is 1. The number of nitrogens with one attached hydrogen (secondary N) is 1. The average molecular weight is 359 g/mol. The Kier molecular flexibility index (Phi) is 4.75. The predicted molar refractivity (Wildman–Crippen MR) is 106 cm³/mol. The van der Waals surface area contributed by atoms with Crippen LogP contribution >= 0.6 is 0 Å². The molecular formula is C22H21N3O2. The van der Waals surface area contributed by atoms with Crippen LogP contribution in [0.4, 0.5) is 11.4 Å². The van der Waals surface area contributed by atoms with Crippen molar-refractivity contribution in [1.29, 1.82) is 0 Å². The number of aromatic nitrogens is 1. The normalized spacial score (nSPS) is 13.0. The smallest absolute Gasteiger partial charge is 0.255 e. The number of carbonyl (C=O) groups excluding carboxylic acids is 1. The molecule has 5 nitrogen and oxygen atoms in total. The van der Waals surface area contributed by atoms with E-state index in [1.807, 2.05) is 24.3 Å². The van der Waals surface area contributed by atoms with E-state index in [9.17, 15) is 4.79 Å². The molecule has 0 atom stereocenters. The van der Waals surface area contributed by atoms with Gasteiger partial charge in [-0.3, -0.25) is 4.79 Å². The maximum Gasteiger partial charge on any atom is 0.255 e. The van der Waals surface area contributed by atoms with Gasteiger partial charge in [0.25, 0.3) is 5.91 Å². The van der Waals surface area contributed by atoms with Gasteiger partial charge in [-0.1, -0.05) is 24.3 Å². The number of pyridine rings is 1. The van der Waals surface area contributed by atoms with Crippen molar-refractivity contribution >= 4 is 17.3 Å². The summed E-state index contributed by atoms with van der Waals surface area (Å²) in [7, 11) is 1.56. The second kappa shape index (κ2) is 7.50. The molecule has 136 valence electrons. The van der Waals surface area contributed by atoms with Gasteiger partial charge in [0.1, 0.15) is 0 Å². The van der Waals surface area contributed by atoms with Crippen LogP contribution in [-0.2, 0) is 13.0 Å². The second-order valence-corrected chi connectivity index (χ2v) is 6.53. The molecule has 27 heavy (non-hydrogen) atoms. The van der Waals surface area contributed by atoms with Crippen molar-refractivity contribution in [3.63, 3.8) is 0 Å². The molecule has 0 saturated heterocycles. The van der Waals surface area contributed by atoms with Crippen molar-refractivity contribution in [2.45, 2.75) is 13.0 Å². The van der Waals surface area contributed by atoms with Gasteiger partial charge in [0.05, 0.1) is 19.0 Å². The number of hydrogen-bond acceptors (Lipinski definition) is 4. The van der Waals surface area contributed by atoms with Gasteiger partial charge in [0, 0.05) is 30.4 Å². The van der Waals surface area contributed by atoms with Crippen molar-refractivity contribution in [2.24, 2.45) is 0 Å². The molecule has 1 aliphatic heterocycles. The molecule has 1 amide bonds. The summed E-state index contributed by atoms with van der Waals surface area (Å²) >= 11 is 0. The molecule has 0 unspecified atom stereocenters. The molecule has 1 aliphatic rings. The van der Waals surface area contributed by atoms with Gasteiger partial charge >= 0.3 is 0 Å². The molecule has 1 N–H and O–H groups in total. The molecule has 0 saturated carbocycles. The zero-order valence-electron chi connectivity index (χ0n) is 15.2. The van der Waals surface area contributed by atoms with Crippen LogP contribution in [0.3, 0.4) is 0 Å². The number of rotatable bonds is 4. The Hall–Kier alpha value is -3.34. The largest absolute Gasteiger partial charge is 0.481 e. The van der Waals surface area contributed by atoms with Crippen LogP contribution in [0.2, 0.25) is 0 Å². The minimum absolute atomic E-state index is 0.155. The van der Waals surface area contributed by atoms with E-state index in [4.69, 9.17) is 4.74 Å². The predicted octanol–water partition coefficient (Wildman–Crippen LogP) is 3.91. The third-order valence-corrected chi connectivity index (χ3v) is 4.83. The second-order valence-electron chi connectivity index (χ2n) is 6.53. The van der Waals surface area contributed by atoms with Crippen molar-refractivity contribution < 1.29 is 9.53 Å². The van der Waals surface area contributed by atoms with E-state index in [0.29, 0.717) is 17.1 Å². The number of nitrogens with zero attached hydrogens (tertiary/aromatic N) is 2. The van der Waals surface area contributed by atoms with Crippen LogP contribution in [-0.4, -0.2) is 24.5 Å². The fourth-order valence-corrected chi connectivity index (χ4v) is 3.32. The first kappa shape index (κ1) is 17.1. The topological polar surface area (TPSA) is 54.5 Å². The van der Waals surface area contributed by atoms with Crippen LogP contribution in [0.1, 0.15) is 21.5 Å².